The number of piperidine rings is 1. The second kappa shape index (κ2) is 9.75. The van der Waals surface area contributed by atoms with E-state index < -0.39 is 6.10 Å². The van der Waals surface area contributed by atoms with Gasteiger partial charge in [-0.05, 0) is 69.5 Å². The van der Waals surface area contributed by atoms with Crippen LogP contribution >= 0.6 is 0 Å². The summed E-state index contributed by atoms with van der Waals surface area (Å²) in [6, 6.07) is 14.2. The van der Waals surface area contributed by atoms with Gasteiger partial charge in [0, 0.05) is 31.0 Å². The maximum Gasteiger partial charge on any atom is 0.283 e. The van der Waals surface area contributed by atoms with Gasteiger partial charge in [0.2, 0.25) is 5.89 Å². The van der Waals surface area contributed by atoms with Gasteiger partial charge in [-0.25, -0.2) is 0 Å². The van der Waals surface area contributed by atoms with Gasteiger partial charge in [-0.2, -0.15) is 0 Å². The molecule has 1 saturated heterocycles. The molecule has 38 heavy (non-hydrogen) atoms. The highest BCUT2D eigenvalue weighted by atomic mass is 16.5. The molecule has 4 heterocycles. The summed E-state index contributed by atoms with van der Waals surface area (Å²) in [4.78, 5) is 2.33. The Morgan fingerprint density at radius 3 is 2.68 bits per heavy atom. The van der Waals surface area contributed by atoms with Crippen LogP contribution in [0, 0.1) is 6.92 Å². The Morgan fingerprint density at radius 1 is 1.11 bits per heavy atom. The molecule has 2 atom stereocenters. The Hall–Kier alpha value is -3.36. The molecule has 8 nitrogen and oxygen atoms in total. The van der Waals surface area contributed by atoms with Gasteiger partial charge in [-0.1, -0.05) is 25.1 Å². The van der Waals surface area contributed by atoms with E-state index in [1.807, 2.05) is 24.3 Å². The van der Waals surface area contributed by atoms with Crippen molar-refractivity contribution in [3.05, 3.63) is 59.5 Å². The number of β-amino-alcohol motifs (C(OH)–C–C–N with tert-alkyl or cyclic N) is 1. The average Bonchev–Trinajstić information content (AvgIpc) is 3.59. The number of aliphatic hydroxyl groups excluding tert-OH is 1. The van der Waals surface area contributed by atoms with Crippen molar-refractivity contribution in [3.8, 4) is 23.1 Å². The van der Waals surface area contributed by atoms with Crippen LogP contribution in [-0.4, -0.2) is 58.1 Å². The maximum absolute atomic E-state index is 10.8. The van der Waals surface area contributed by atoms with Crippen LogP contribution in [-0.2, 0) is 0 Å². The van der Waals surface area contributed by atoms with Gasteiger partial charge in [0.1, 0.15) is 35.4 Å². The van der Waals surface area contributed by atoms with Crippen molar-refractivity contribution in [2.45, 2.75) is 64.1 Å². The number of furan rings is 1. The molecule has 0 radical (unpaired) electrons. The zero-order chi connectivity index (χ0) is 26.4. The predicted molar refractivity (Wildman–Crippen MR) is 144 cm³/mol. The Labute approximate surface area is 222 Å². The highest BCUT2D eigenvalue weighted by molar-refractivity contribution is 5.87. The van der Waals surface area contributed by atoms with Crippen molar-refractivity contribution in [1.82, 2.24) is 15.1 Å². The minimum atomic E-state index is -0.591. The molecule has 1 unspecified atom stereocenters. The lowest BCUT2D eigenvalue weighted by Gasteiger charge is -2.33. The molecule has 0 bridgehead atoms. The van der Waals surface area contributed by atoms with Crippen LogP contribution in [0.3, 0.4) is 0 Å². The van der Waals surface area contributed by atoms with E-state index in [0.29, 0.717) is 47.3 Å². The van der Waals surface area contributed by atoms with Crippen molar-refractivity contribution in [3.63, 3.8) is 0 Å². The summed E-state index contributed by atoms with van der Waals surface area (Å²) < 4.78 is 23.5. The first-order valence-corrected chi connectivity index (χ1v) is 13.5. The molecule has 1 N–H and O–H groups in total. The van der Waals surface area contributed by atoms with Crippen molar-refractivity contribution in [2.24, 2.45) is 0 Å². The molecule has 0 amide bonds. The molecule has 2 aliphatic rings. The number of hydrogen-bond donors (Lipinski definition) is 1. The fraction of sp³-hybridized carbons (Fsp3) is 0.467. The van der Waals surface area contributed by atoms with E-state index in [-0.39, 0.29) is 12.2 Å². The molecule has 4 aromatic rings. The summed E-state index contributed by atoms with van der Waals surface area (Å²) in [6.07, 6.45) is 1.57. The summed E-state index contributed by atoms with van der Waals surface area (Å²) in [5, 5.41) is 19.4. The van der Waals surface area contributed by atoms with Gasteiger partial charge in [0.05, 0.1) is 5.39 Å². The number of ether oxygens (including phenoxy) is 2. The van der Waals surface area contributed by atoms with Gasteiger partial charge in [0.25, 0.3) is 5.89 Å². The lowest BCUT2D eigenvalue weighted by atomic mass is 9.84. The van der Waals surface area contributed by atoms with E-state index in [9.17, 15) is 5.11 Å². The number of likely N-dealkylation sites (tertiary alicyclic amines) is 1. The first-order valence-electron chi connectivity index (χ1n) is 13.5. The first kappa shape index (κ1) is 24.9. The molecule has 8 heteroatoms. The molecular formula is C30H35N3O5. The third-order valence-corrected chi connectivity index (χ3v) is 8.13. The van der Waals surface area contributed by atoms with E-state index in [2.05, 4.69) is 54.1 Å². The fourth-order valence-corrected chi connectivity index (χ4v) is 5.65. The zero-order valence-electron chi connectivity index (χ0n) is 22.4. The quantitative estimate of drug-likeness (QED) is 0.334. The predicted octanol–water partition coefficient (Wildman–Crippen LogP) is 5.69. The molecular weight excluding hydrogens is 482 g/mol. The van der Waals surface area contributed by atoms with Crippen LogP contribution in [0.1, 0.15) is 62.5 Å². The van der Waals surface area contributed by atoms with Crippen LogP contribution in [0.5, 0.6) is 11.5 Å². The van der Waals surface area contributed by atoms with Gasteiger partial charge in [-0.3, -0.25) is 0 Å². The molecule has 2 aromatic carbocycles. The molecule has 6 rings (SSSR count). The van der Waals surface area contributed by atoms with Crippen molar-refractivity contribution < 1.29 is 23.4 Å². The summed E-state index contributed by atoms with van der Waals surface area (Å²) in [5.74, 6) is 3.91. The summed E-state index contributed by atoms with van der Waals surface area (Å²) in [5.41, 5.74) is 3.25. The van der Waals surface area contributed by atoms with E-state index in [4.69, 9.17) is 18.3 Å². The molecule has 200 valence electrons. The van der Waals surface area contributed by atoms with Crippen LogP contribution in [0.25, 0.3) is 22.6 Å². The number of rotatable bonds is 7. The Balaban J connectivity index is 1.03. The standard InChI is InChI=1S/C30H35N3O5/c1-18-23-14-21(8-9-27(23)38-30(18,3)4)20-10-12-33(13-11-20)16-22(34)17-35-25-6-5-7-26-24(25)15-28(37-26)29-32-31-19(2)36-29/h5-9,14-15,18,20,22,34H,10-13,16-17H2,1-4H3/t18?,22-/m0/s1. The number of fused-ring (bicyclic) bond motifs is 2. The Morgan fingerprint density at radius 2 is 1.92 bits per heavy atom. The minimum Gasteiger partial charge on any atom is -0.490 e. The molecule has 2 aromatic heterocycles. The van der Waals surface area contributed by atoms with Crippen molar-refractivity contribution in [1.29, 1.82) is 0 Å². The van der Waals surface area contributed by atoms with Gasteiger partial charge in [-0.15, -0.1) is 10.2 Å². The average molecular weight is 518 g/mol. The van der Waals surface area contributed by atoms with E-state index in [0.717, 1.165) is 37.1 Å². The van der Waals surface area contributed by atoms with Crippen LogP contribution in [0.2, 0.25) is 0 Å². The topological polar surface area (TPSA) is 94.0 Å². The van der Waals surface area contributed by atoms with E-state index in [1.54, 1.807) is 6.92 Å². The number of aryl methyl sites for hydroxylation is 1. The van der Waals surface area contributed by atoms with Crippen LogP contribution < -0.4 is 9.47 Å². The molecule has 1 fully saturated rings. The molecule has 0 aliphatic carbocycles. The zero-order valence-corrected chi connectivity index (χ0v) is 22.4. The maximum atomic E-state index is 10.8. The molecule has 0 saturated carbocycles. The second-order valence-electron chi connectivity index (χ2n) is 11.2. The third kappa shape index (κ3) is 4.78. The Bertz CT molecular complexity index is 1430. The third-order valence-electron chi connectivity index (χ3n) is 8.13. The molecule has 0 spiro atoms. The van der Waals surface area contributed by atoms with Gasteiger partial charge in [0.15, 0.2) is 5.76 Å². The second-order valence-corrected chi connectivity index (χ2v) is 11.2. The largest absolute Gasteiger partial charge is 0.490 e. The normalized spacial score (nSPS) is 20.4. The number of aliphatic hydroxyl groups is 1. The SMILES string of the molecule is Cc1nnc(-c2cc3c(OC[C@@H](O)CN4CCC(c5ccc6c(c5)C(C)C(C)(C)O6)CC4)cccc3o2)o1. The smallest absolute Gasteiger partial charge is 0.283 e. The fourth-order valence-electron chi connectivity index (χ4n) is 5.65. The highest BCUT2D eigenvalue weighted by Gasteiger charge is 2.38. The minimum absolute atomic E-state index is 0.152. The van der Waals surface area contributed by atoms with Crippen molar-refractivity contribution >= 4 is 11.0 Å². The summed E-state index contributed by atoms with van der Waals surface area (Å²) in [6.45, 7) is 11.0. The van der Waals surface area contributed by atoms with E-state index >= 15 is 0 Å². The number of hydrogen-bond acceptors (Lipinski definition) is 8. The van der Waals surface area contributed by atoms with Crippen LogP contribution in [0.15, 0.2) is 51.3 Å². The van der Waals surface area contributed by atoms with Gasteiger partial charge < -0.3 is 28.3 Å². The number of nitrogens with zero attached hydrogens (tertiary/aromatic N) is 3. The summed E-state index contributed by atoms with van der Waals surface area (Å²) in [7, 11) is 0. The lowest BCUT2D eigenvalue weighted by Crippen LogP contribution is -2.40. The summed E-state index contributed by atoms with van der Waals surface area (Å²) >= 11 is 0. The monoisotopic (exact) mass is 517 g/mol. The first-order chi connectivity index (χ1) is 18.3. The van der Waals surface area contributed by atoms with Crippen LogP contribution in [0.4, 0.5) is 0 Å². The number of aromatic nitrogens is 2. The number of benzene rings is 2. The van der Waals surface area contributed by atoms with Crippen molar-refractivity contribution in [2.75, 3.05) is 26.2 Å². The van der Waals surface area contributed by atoms with E-state index in [1.165, 1.54) is 11.1 Å². The lowest BCUT2D eigenvalue weighted by molar-refractivity contribution is 0.0599. The van der Waals surface area contributed by atoms with Gasteiger partial charge >= 0.3 is 0 Å². The molecule has 2 aliphatic heterocycles. The highest BCUT2D eigenvalue weighted by Crippen LogP contribution is 2.45. The Kier molecular flexibility index (Phi) is 6.40.